The molecular formula is C14H16N2OS. The van der Waals surface area contributed by atoms with E-state index in [1.165, 1.54) is 0 Å². The summed E-state index contributed by atoms with van der Waals surface area (Å²) in [6, 6.07) is 9.77. The maximum atomic E-state index is 11.9. The number of nitrogens with zero attached hydrogens (tertiary/aromatic N) is 1. The maximum Gasteiger partial charge on any atom is 0.251 e. The van der Waals surface area contributed by atoms with Gasteiger partial charge in [-0.3, -0.25) is 4.79 Å². The summed E-state index contributed by atoms with van der Waals surface area (Å²) in [7, 11) is 0. The van der Waals surface area contributed by atoms with Crippen LogP contribution in [0.15, 0.2) is 42.7 Å². The van der Waals surface area contributed by atoms with Gasteiger partial charge in [-0.05, 0) is 42.8 Å². The zero-order chi connectivity index (χ0) is 13.0. The number of carbonyl (C=O) groups is 1. The van der Waals surface area contributed by atoms with Crippen LogP contribution in [0, 0.1) is 6.92 Å². The molecule has 0 saturated heterocycles. The number of amides is 1. The van der Waals surface area contributed by atoms with Gasteiger partial charge in [0.1, 0.15) is 0 Å². The Bertz CT molecular complexity index is 535. The van der Waals surface area contributed by atoms with Crippen molar-refractivity contribution in [3.8, 4) is 5.69 Å². The molecule has 3 nitrogen and oxygen atoms in total. The molecule has 0 spiro atoms. The van der Waals surface area contributed by atoms with Crippen LogP contribution in [0.4, 0.5) is 0 Å². The van der Waals surface area contributed by atoms with Crippen LogP contribution in [0.2, 0.25) is 0 Å². The Kier molecular flexibility index (Phi) is 4.10. The standard InChI is InChI=1S/C14H16N2OS/c1-11-10-12(16-7-2-3-8-16)4-5-13(11)14(17)15-6-9-18/h2-5,7-8,10,18H,6,9H2,1H3,(H,15,17). The third kappa shape index (κ3) is 2.76. The molecule has 1 amide bonds. The van der Waals surface area contributed by atoms with E-state index in [-0.39, 0.29) is 5.91 Å². The Balaban J connectivity index is 2.23. The van der Waals surface area contributed by atoms with Crippen LogP contribution in [0.25, 0.3) is 5.69 Å². The van der Waals surface area contributed by atoms with Crippen molar-refractivity contribution in [1.82, 2.24) is 9.88 Å². The van der Waals surface area contributed by atoms with Gasteiger partial charge in [-0.25, -0.2) is 0 Å². The van der Waals surface area contributed by atoms with Gasteiger partial charge in [0.15, 0.2) is 0 Å². The lowest BCUT2D eigenvalue weighted by Crippen LogP contribution is -2.26. The fourth-order valence-electron chi connectivity index (χ4n) is 1.83. The van der Waals surface area contributed by atoms with E-state index in [0.717, 1.165) is 11.3 Å². The van der Waals surface area contributed by atoms with Gasteiger partial charge in [0.2, 0.25) is 0 Å². The average molecular weight is 260 g/mol. The molecule has 1 heterocycles. The first kappa shape index (κ1) is 12.8. The summed E-state index contributed by atoms with van der Waals surface area (Å²) < 4.78 is 2.02. The fraction of sp³-hybridized carbons (Fsp3) is 0.214. The van der Waals surface area contributed by atoms with Gasteiger partial charge in [-0.15, -0.1) is 0 Å². The molecule has 0 bridgehead atoms. The Morgan fingerprint density at radius 1 is 1.33 bits per heavy atom. The van der Waals surface area contributed by atoms with E-state index in [1.807, 2.05) is 54.2 Å². The molecular weight excluding hydrogens is 244 g/mol. The van der Waals surface area contributed by atoms with E-state index in [2.05, 4.69) is 17.9 Å². The zero-order valence-corrected chi connectivity index (χ0v) is 11.2. The monoisotopic (exact) mass is 260 g/mol. The van der Waals surface area contributed by atoms with Crippen LogP contribution in [0.1, 0.15) is 15.9 Å². The second-order valence-electron chi connectivity index (χ2n) is 4.07. The molecule has 1 aromatic carbocycles. The molecule has 2 aromatic rings. The lowest BCUT2D eigenvalue weighted by Gasteiger charge is -2.09. The SMILES string of the molecule is Cc1cc(-n2cccc2)ccc1C(=O)NCCS. The van der Waals surface area contributed by atoms with Gasteiger partial charge in [-0.1, -0.05) is 0 Å². The molecule has 2 rings (SSSR count). The number of rotatable bonds is 4. The Labute approximate surface area is 112 Å². The molecule has 0 atom stereocenters. The fourth-order valence-corrected chi connectivity index (χ4v) is 1.95. The second-order valence-corrected chi connectivity index (χ2v) is 4.52. The highest BCUT2D eigenvalue weighted by Crippen LogP contribution is 2.15. The van der Waals surface area contributed by atoms with Crippen molar-refractivity contribution < 1.29 is 4.79 Å². The third-order valence-corrected chi connectivity index (χ3v) is 2.98. The molecule has 0 saturated carbocycles. The molecule has 4 heteroatoms. The van der Waals surface area contributed by atoms with Crippen LogP contribution < -0.4 is 5.32 Å². The summed E-state index contributed by atoms with van der Waals surface area (Å²) in [5, 5.41) is 2.82. The second kappa shape index (κ2) is 5.78. The number of aromatic nitrogens is 1. The minimum absolute atomic E-state index is 0.0411. The van der Waals surface area contributed by atoms with Crippen LogP contribution in [0.5, 0.6) is 0 Å². The summed E-state index contributed by atoms with van der Waals surface area (Å²) in [6.07, 6.45) is 3.96. The molecule has 0 aliphatic rings. The van der Waals surface area contributed by atoms with Crippen LogP contribution in [-0.2, 0) is 0 Å². The van der Waals surface area contributed by atoms with E-state index < -0.39 is 0 Å². The number of nitrogens with one attached hydrogen (secondary N) is 1. The highest BCUT2D eigenvalue weighted by Gasteiger charge is 2.08. The summed E-state index contributed by atoms with van der Waals surface area (Å²) in [6.45, 7) is 2.53. The van der Waals surface area contributed by atoms with Crippen molar-refractivity contribution >= 4 is 18.5 Å². The van der Waals surface area contributed by atoms with Crippen molar-refractivity contribution in [2.75, 3.05) is 12.3 Å². The molecule has 18 heavy (non-hydrogen) atoms. The zero-order valence-electron chi connectivity index (χ0n) is 10.3. The molecule has 0 fully saturated rings. The van der Waals surface area contributed by atoms with E-state index in [0.29, 0.717) is 17.9 Å². The molecule has 0 radical (unpaired) electrons. The van der Waals surface area contributed by atoms with Gasteiger partial charge in [-0.2, -0.15) is 12.6 Å². The van der Waals surface area contributed by atoms with Crippen LogP contribution in [0.3, 0.4) is 0 Å². The molecule has 0 aliphatic heterocycles. The highest BCUT2D eigenvalue weighted by atomic mass is 32.1. The van der Waals surface area contributed by atoms with E-state index in [1.54, 1.807) is 0 Å². The molecule has 94 valence electrons. The lowest BCUT2D eigenvalue weighted by atomic mass is 10.1. The highest BCUT2D eigenvalue weighted by molar-refractivity contribution is 7.80. The number of carbonyl (C=O) groups excluding carboxylic acids is 1. The number of hydrogen-bond donors (Lipinski definition) is 2. The number of hydrogen-bond acceptors (Lipinski definition) is 2. The average Bonchev–Trinajstić information content (AvgIpc) is 2.89. The Morgan fingerprint density at radius 3 is 2.67 bits per heavy atom. The van der Waals surface area contributed by atoms with Crippen molar-refractivity contribution in [1.29, 1.82) is 0 Å². The van der Waals surface area contributed by atoms with Crippen molar-refractivity contribution in [3.05, 3.63) is 53.9 Å². The van der Waals surface area contributed by atoms with Gasteiger partial charge in [0, 0.05) is 35.9 Å². The Hall–Kier alpha value is -1.68. The van der Waals surface area contributed by atoms with Crippen LogP contribution >= 0.6 is 12.6 Å². The molecule has 1 N–H and O–H groups in total. The van der Waals surface area contributed by atoms with E-state index in [9.17, 15) is 4.79 Å². The predicted octanol–water partition coefficient (Wildman–Crippen LogP) is 2.45. The van der Waals surface area contributed by atoms with Gasteiger partial charge in [0.05, 0.1) is 0 Å². The quantitative estimate of drug-likeness (QED) is 0.814. The summed E-state index contributed by atoms with van der Waals surface area (Å²) in [5.41, 5.74) is 2.74. The van der Waals surface area contributed by atoms with E-state index in [4.69, 9.17) is 0 Å². The molecule has 0 unspecified atom stereocenters. The van der Waals surface area contributed by atoms with Gasteiger partial charge >= 0.3 is 0 Å². The largest absolute Gasteiger partial charge is 0.351 e. The topological polar surface area (TPSA) is 34.0 Å². The smallest absolute Gasteiger partial charge is 0.251 e. The van der Waals surface area contributed by atoms with Crippen molar-refractivity contribution in [2.45, 2.75) is 6.92 Å². The first-order chi connectivity index (χ1) is 8.72. The molecule has 0 aliphatic carbocycles. The summed E-state index contributed by atoms with van der Waals surface area (Å²) in [5.74, 6) is 0.604. The number of benzene rings is 1. The normalized spacial score (nSPS) is 10.3. The summed E-state index contributed by atoms with van der Waals surface area (Å²) >= 11 is 4.07. The summed E-state index contributed by atoms with van der Waals surface area (Å²) in [4.78, 5) is 11.9. The minimum atomic E-state index is -0.0411. The van der Waals surface area contributed by atoms with Crippen molar-refractivity contribution in [2.24, 2.45) is 0 Å². The van der Waals surface area contributed by atoms with Crippen molar-refractivity contribution in [3.63, 3.8) is 0 Å². The van der Waals surface area contributed by atoms with E-state index >= 15 is 0 Å². The Morgan fingerprint density at radius 2 is 2.06 bits per heavy atom. The van der Waals surface area contributed by atoms with Gasteiger partial charge in [0.25, 0.3) is 5.91 Å². The predicted molar refractivity (Wildman–Crippen MR) is 76.7 cm³/mol. The first-order valence-corrected chi connectivity index (χ1v) is 6.48. The lowest BCUT2D eigenvalue weighted by molar-refractivity contribution is 0.0955. The van der Waals surface area contributed by atoms with Gasteiger partial charge < -0.3 is 9.88 Å². The number of thiol groups is 1. The van der Waals surface area contributed by atoms with Crippen LogP contribution in [-0.4, -0.2) is 22.8 Å². The number of aryl methyl sites for hydroxylation is 1. The third-order valence-electron chi connectivity index (χ3n) is 2.75. The molecule has 1 aromatic heterocycles. The first-order valence-electron chi connectivity index (χ1n) is 5.85. The maximum absolute atomic E-state index is 11.9. The minimum Gasteiger partial charge on any atom is -0.351 e.